The molecule has 0 saturated carbocycles. The Morgan fingerprint density at radius 1 is 0.359 bits per heavy atom. The highest BCUT2D eigenvalue weighted by Crippen LogP contribution is 2.52. The van der Waals surface area contributed by atoms with Gasteiger partial charge in [-0.15, -0.1) is 0 Å². The predicted octanol–water partition coefficient (Wildman–Crippen LogP) is 19.0. The quantitative estimate of drug-likeness (QED) is 0.122. The molecule has 0 unspecified atom stereocenters. The first-order chi connectivity index (χ1) is 37.2. The first kappa shape index (κ1) is 51.9. The molecular weight excluding hydrogens is 949 g/mol. The lowest BCUT2D eigenvalue weighted by molar-refractivity contribution is 0.483. The number of fused-ring (bicyclic) bond motifs is 3. The second-order valence-electron chi connectivity index (χ2n) is 25.1. The minimum Gasteiger partial charge on any atom is -0.457 e. The van der Waals surface area contributed by atoms with Gasteiger partial charge in [0.15, 0.2) is 0 Å². The molecule has 0 N–H and O–H groups in total. The van der Waals surface area contributed by atoms with Crippen molar-refractivity contribution in [3.63, 3.8) is 0 Å². The summed E-state index contributed by atoms with van der Waals surface area (Å²) in [4.78, 5) is 10.2. The van der Waals surface area contributed by atoms with Crippen molar-refractivity contribution in [2.75, 3.05) is 16.5 Å². The number of benzene rings is 8. The van der Waals surface area contributed by atoms with Gasteiger partial charge in [0.05, 0.1) is 29.1 Å². The summed E-state index contributed by atoms with van der Waals surface area (Å²) in [6, 6.07) is 77.6. The molecule has 78 heavy (non-hydrogen) atoms. The molecule has 0 spiro atoms. The fourth-order valence-corrected chi connectivity index (χ4v) is 11.8. The number of rotatable bonds is 12. The average Bonchev–Trinajstić information content (AvgIpc) is 4.24. The maximum atomic E-state index is 7.08. The molecule has 1 aliphatic heterocycles. The van der Waals surface area contributed by atoms with Gasteiger partial charge in [-0.1, -0.05) is 223 Å². The molecule has 0 bridgehead atoms. The van der Waals surface area contributed by atoms with Gasteiger partial charge in [0, 0.05) is 56.7 Å². The van der Waals surface area contributed by atoms with Crippen LogP contribution in [0.1, 0.15) is 116 Å². The molecule has 0 fully saturated rings. The van der Waals surface area contributed by atoms with Gasteiger partial charge < -0.3 is 14.5 Å². The smallest absolute Gasteiger partial charge is 0.137 e. The SMILES string of the molecule is CC(C)(C)c1ccnc(-n2c3ccc(C(C)(C)C)cc3c3ccc(Oc4cccc(N5CN(c6cc(-c7ccccc7)cc(C(C)(C)c7ccccc7)c6)C(C(C)(C)c6ccccc6)=C5C(C)(C)c5ccccc5)c4)cc32)c1. The Labute approximate surface area is 463 Å². The van der Waals surface area contributed by atoms with Crippen molar-refractivity contribution in [3.8, 4) is 28.4 Å². The maximum absolute atomic E-state index is 7.08. The molecule has 5 nitrogen and oxygen atoms in total. The van der Waals surface area contributed by atoms with E-state index in [2.05, 4.69) is 310 Å². The third kappa shape index (κ3) is 9.59. The highest BCUT2D eigenvalue weighted by atomic mass is 16.5. The minimum atomic E-state index is -0.457. The van der Waals surface area contributed by atoms with Gasteiger partial charge in [-0.25, -0.2) is 4.98 Å². The molecule has 392 valence electrons. The lowest BCUT2D eigenvalue weighted by atomic mass is 9.73. The summed E-state index contributed by atoms with van der Waals surface area (Å²) >= 11 is 0. The highest BCUT2D eigenvalue weighted by molar-refractivity contribution is 6.10. The van der Waals surface area contributed by atoms with E-state index in [9.17, 15) is 0 Å². The Morgan fingerprint density at radius 2 is 0.897 bits per heavy atom. The Bertz CT molecular complexity index is 3830. The summed E-state index contributed by atoms with van der Waals surface area (Å²) in [5, 5.41) is 2.36. The number of ether oxygens (including phenoxy) is 1. The van der Waals surface area contributed by atoms with Gasteiger partial charge in [0.2, 0.25) is 0 Å². The van der Waals surface area contributed by atoms with Crippen LogP contribution in [0, 0.1) is 0 Å². The van der Waals surface area contributed by atoms with Gasteiger partial charge >= 0.3 is 0 Å². The van der Waals surface area contributed by atoms with Crippen LogP contribution in [0.5, 0.6) is 11.5 Å². The van der Waals surface area contributed by atoms with E-state index in [1.807, 2.05) is 6.20 Å². The van der Waals surface area contributed by atoms with E-state index < -0.39 is 10.8 Å². The van der Waals surface area contributed by atoms with Crippen molar-refractivity contribution >= 4 is 33.2 Å². The number of aromatic nitrogens is 2. The second kappa shape index (κ2) is 19.7. The topological polar surface area (TPSA) is 33.5 Å². The van der Waals surface area contributed by atoms with Crippen LogP contribution in [-0.2, 0) is 27.1 Å². The number of nitrogens with zero attached hydrogens (tertiary/aromatic N) is 4. The first-order valence-electron chi connectivity index (χ1n) is 27.7. The van der Waals surface area contributed by atoms with Crippen molar-refractivity contribution in [1.82, 2.24) is 9.55 Å². The zero-order valence-electron chi connectivity index (χ0n) is 47.7. The van der Waals surface area contributed by atoms with Crippen LogP contribution in [0.25, 0.3) is 38.8 Å². The van der Waals surface area contributed by atoms with E-state index in [0.717, 1.165) is 45.1 Å². The molecule has 0 saturated heterocycles. The Kier molecular flexibility index (Phi) is 13.1. The van der Waals surface area contributed by atoms with Crippen LogP contribution in [0.15, 0.2) is 230 Å². The van der Waals surface area contributed by atoms with Gasteiger partial charge in [-0.3, -0.25) is 4.57 Å². The standard InChI is InChI=1S/C73H74N4O/c1-69(2,3)55-36-39-64-63(45-55)62-38-37-61(48-65(62)77(64)66-46-56(40-41-74-66)70(4,5)6)78-60-35-25-34-58(47-60)75-49-76(68(73(11,12)54-32-23-16-24-33-54)67(75)72(9,10)53-30-21-15-22-31-53)59-43-51(50-26-17-13-18-27-50)42-57(44-59)71(7,8)52-28-19-14-20-29-52/h13-48H,49H2,1-12H3. The van der Waals surface area contributed by atoms with E-state index >= 15 is 0 Å². The molecule has 0 radical (unpaired) electrons. The summed E-state index contributed by atoms with van der Waals surface area (Å²) in [5.74, 6) is 2.41. The lowest BCUT2D eigenvalue weighted by Gasteiger charge is -2.38. The van der Waals surface area contributed by atoms with Crippen LogP contribution in [-0.4, -0.2) is 16.2 Å². The summed E-state index contributed by atoms with van der Waals surface area (Å²) in [7, 11) is 0. The largest absolute Gasteiger partial charge is 0.457 e. The minimum absolute atomic E-state index is 0.00863. The number of allylic oxidation sites excluding steroid dienone is 2. The molecule has 1 aliphatic rings. The third-order valence-corrected chi connectivity index (χ3v) is 16.6. The van der Waals surface area contributed by atoms with E-state index in [0.29, 0.717) is 6.67 Å². The van der Waals surface area contributed by atoms with E-state index in [-0.39, 0.29) is 16.2 Å². The van der Waals surface area contributed by atoms with Crippen molar-refractivity contribution in [3.05, 3.63) is 263 Å². The fraction of sp³-hybridized carbons (Fsp3) is 0.247. The molecule has 10 aromatic rings. The molecule has 11 rings (SSSR count). The fourth-order valence-electron chi connectivity index (χ4n) is 11.8. The Hall–Kier alpha value is -8.15. The first-order valence-corrected chi connectivity index (χ1v) is 27.7. The van der Waals surface area contributed by atoms with E-state index in [1.165, 1.54) is 61.3 Å². The van der Waals surface area contributed by atoms with Crippen LogP contribution in [0.2, 0.25) is 0 Å². The van der Waals surface area contributed by atoms with Gasteiger partial charge in [0.25, 0.3) is 0 Å². The van der Waals surface area contributed by atoms with Crippen LogP contribution >= 0.6 is 0 Å². The number of anilines is 2. The number of pyridine rings is 1. The van der Waals surface area contributed by atoms with Crippen LogP contribution in [0.4, 0.5) is 11.4 Å². The van der Waals surface area contributed by atoms with Crippen LogP contribution < -0.4 is 14.5 Å². The van der Waals surface area contributed by atoms with Gasteiger partial charge in [-0.2, -0.15) is 0 Å². The molecule has 5 heteroatoms. The molecular formula is C73H74N4O. The highest BCUT2D eigenvalue weighted by Gasteiger charge is 2.46. The molecule has 0 aliphatic carbocycles. The summed E-state index contributed by atoms with van der Waals surface area (Å²) in [6.07, 6.45) is 1.95. The summed E-state index contributed by atoms with van der Waals surface area (Å²) < 4.78 is 9.39. The Morgan fingerprint density at radius 3 is 1.49 bits per heavy atom. The molecule has 0 amide bonds. The summed E-state index contributed by atoms with van der Waals surface area (Å²) in [6.45, 7) is 28.5. The van der Waals surface area contributed by atoms with E-state index in [4.69, 9.17) is 9.72 Å². The Balaban J connectivity index is 1.09. The molecule has 3 heterocycles. The van der Waals surface area contributed by atoms with Crippen molar-refractivity contribution in [1.29, 1.82) is 0 Å². The lowest BCUT2D eigenvalue weighted by Crippen LogP contribution is -2.35. The number of hydrogen-bond acceptors (Lipinski definition) is 4. The third-order valence-electron chi connectivity index (χ3n) is 16.6. The number of hydrogen-bond donors (Lipinski definition) is 0. The zero-order chi connectivity index (χ0) is 54.8. The van der Waals surface area contributed by atoms with Crippen molar-refractivity contribution in [2.45, 2.75) is 110 Å². The normalized spacial score (nSPS) is 13.7. The van der Waals surface area contributed by atoms with Crippen LogP contribution in [0.3, 0.4) is 0 Å². The van der Waals surface area contributed by atoms with Crippen molar-refractivity contribution < 1.29 is 4.74 Å². The predicted molar refractivity (Wildman–Crippen MR) is 329 cm³/mol. The summed E-state index contributed by atoms with van der Waals surface area (Å²) in [5.41, 5.74) is 15.5. The second-order valence-corrected chi connectivity index (χ2v) is 25.1. The molecule has 0 atom stereocenters. The average molecular weight is 1020 g/mol. The van der Waals surface area contributed by atoms with Crippen molar-refractivity contribution in [2.24, 2.45) is 0 Å². The maximum Gasteiger partial charge on any atom is 0.137 e. The molecule has 8 aromatic carbocycles. The zero-order valence-corrected chi connectivity index (χ0v) is 47.7. The van der Waals surface area contributed by atoms with Gasteiger partial charge in [-0.05, 0) is 116 Å². The van der Waals surface area contributed by atoms with E-state index in [1.54, 1.807) is 0 Å². The van der Waals surface area contributed by atoms with Gasteiger partial charge in [0.1, 0.15) is 17.3 Å². The monoisotopic (exact) mass is 1020 g/mol. The molecule has 2 aromatic heterocycles.